The highest BCUT2D eigenvalue weighted by Gasteiger charge is 2.35. The van der Waals surface area contributed by atoms with E-state index >= 15 is 0 Å². The van der Waals surface area contributed by atoms with E-state index in [4.69, 9.17) is 23.2 Å². The minimum atomic E-state index is -0.947. The Labute approximate surface area is 111 Å². The molecule has 0 fully saturated rings. The number of alkyl halides is 1. The summed E-state index contributed by atoms with van der Waals surface area (Å²) in [4.78, 5) is 14.6. The number of allylic oxidation sites excluding steroid dienone is 1. The summed E-state index contributed by atoms with van der Waals surface area (Å²) in [5.74, 6) is -0.240. The molecule has 0 radical (unpaired) electrons. The van der Waals surface area contributed by atoms with Crippen LogP contribution in [0.1, 0.15) is 26.2 Å². The second-order valence-corrected chi connectivity index (χ2v) is 5.10. The summed E-state index contributed by atoms with van der Waals surface area (Å²) >= 11 is 12.1. The first-order valence-corrected chi connectivity index (χ1v) is 6.26. The van der Waals surface area contributed by atoms with Crippen molar-refractivity contribution in [1.29, 1.82) is 0 Å². The molecule has 2 atom stereocenters. The standard InChI is InChI=1S/C11H16Cl2N2O2/c1-2-8(16)7-15-9(17)6-11(13)4-3-5-14-10(11)12/h3,5,8,16H,2,4,6-7H2,1H3,(H,15,17). The number of hydrogen-bond donors (Lipinski definition) is 2. The van der Waals surface area contributed by atoms with E-state index in [1.54, 1.807) is 12.3 Å². The van der Waals surface area contributed by atoms with Gasteiger partial charge >= 0.3 is 0 Å². The van der Waals surface area contributed by atoms with Gasteiger partial charge in [0.25, 0.3) is 0 Å². The second-order valence-electron chi connectivity index (χ2n) is 4.02. The first kappa shape index (κ1) is 14.5. The molecule has 0 aliphatic carbocycles. The lowest BCUT2D eigenvalue weighted by atomic mass is 9.99. The average Bonchev–Trinajstić information content (AvgIpc) is 2.30. The van der Waals surface area contributed by atoms with Crippen molar-refractivity contribution in [1.82, 2.24) is 5.32 Å². The molecule has 4 nitrogen and oxygen atoms in total. The molecule has 0 saturated heterocycles. The van der Waals surface area contributed by atoms with Gasteiger partial charge < -0.3 is 10.4 Å². The Hall–Kier alpha value is -0.580. The van der Waals surface area contributed by atoms with Gasteiger partial charge in [-0.2, -0.15) is 0 Å². The van der Waals surface area contributed by atoms with Crippen LogP contribution in [0.5, 0.6) is 0 Å². The van der Waals surface area contributed by atoms with Crippen LogP contribution in [-0.4, -0.2) is 33.7 Å². The molecule has 6 heteroatoms. The van der Waals surface area contributed by atoms with Crippen LogP contribution in [0, 0.1) is 0 Å². The Kier molecular flexibility index (Phi) is 5.43. The summed E-state index contributed by atoms with van der Waals surface area (Å²) in [6.07, 6.45) is 3.94. The minimum Gasteiger partial charge on any atom is -0.391 e. The van der Waals surface area contributed by atoms with E-state index in [0.717, 1.165) is 0 Å². The van der Waals surface area contributed by atoms with Crippen LogP contribution in [0.2, 0.25) is 0 Å². The van der Waals surface area contributed by atoms with Crippen molar-refractivity contribution in [2.75, 3.05) is 6.54 Å². The fourth-order valence-electron chi connectivity index (χ4n) is 1.40. The number of amides is 1. The van der Waals surface area contributed by atoms with Crippen molar-refractivity contribution < 1.29 is 9.90 Å². The average molecular weight is 279 g/mol. The van der Waals surface area contributed by atoms with Crippen molar-refractivity contribution in [3.63, 3.8) is 0 Å². The quantitative estimate of drug-likeness (QED) is 0.754. The maximum absolute atomic E-state index is 11.6. The maximum Gasteiger partial charge on any atom is 0.222 e. The van der Waals surface area contributed by atoms with E-state index in [2.05, 4.69) is 10.3 Å². The van der Waals surface area contributed by atoms with Crippen molar-refractivity contribution in [2.24, 2.45) is 4.99 Å². The highest BCUT2D eigenvalue weighted by molar-refractivity contribution is 6.72. The van der Waals surface area contributed by atoms with Gasteiger partial charge in [0.05, 0.1) is 12.5 Å². The molecule has 1 heterocycles. The van der Waals surface area contributed by atoms with Crippen molar-refractivity contribution in [3.05, 3.63) is 12.3 Å². The molecule has 1 amide bonds. The zero-order chi connectivity index (χ0) is 12.9. The largest absolute Gasteiger partial charge is 0.391 e. The van der Waals surface area contributed by atoms with Crippen molar-refractivity contribution in [2.45, 2.75) is 37.2 Å². The van der Waals surface area contributed by atoms with Gasteiger partial charge in [-0.25, -0.2) is 4.99 Å². The van der Waals surface area contributed by atoms with Gasteiger partial charge in [0.2, 0.25) is 5.91 Å². The Morgan fingerprint density at radius 1 is 1.76 bits per heavy atom. The van der Waals surface area contributed by atoms with E-state index < -0.39 is 11.0 Å². The molecule has 0 aromatic carbocycles. The van der Waals surface area contributed by atoms with Crippen LogP contribution in [0.4, 0.5) is 0 Å². The number of rotatable bonds is 5. The summed E-state index contributed by atoms with van der Waals surface area (Å²) in [6.45, 7) is 2.07. The first-order valence-electron chi connectivity index (χ1n) is 5.50. The van der Waals surface area contributed by atoms with Gasteiger partial charge in [0.1, 0.15) is 10.0 Å². The van der Waals surface area contributed by atoms with Gasteiger partial charge in [-0.3, -0.25) is 4.79 Å². The number of aliphatic hydroxyl groups is 1. The van der Waals surface area contributed by atoms with Crippen LogP contribution >= 0.6 is 23.2 Å². The smallest absolute Gasteiger partial charge is 0.222 e. The van der Waals surface area contributed by atoms with Crippen LogP contribution < -0.4 is 5.32 Å². The van der Waals surface area contributed by atoms with E-state index in [1.807, 2.05) is 6.92 Å². The van der Waals surface area contributed by atoms with Crippen LogP contribution in [0.25, 0.3) is 0 Å². The van der Waals surface area contributed by atoms with Crippen LogP contribution in [0.15, 0.2) is 17.3 Å². The van der Waals surface area contributed by atoms with Gasteiger partial charge in [0.15, 0.2) is 0 Å². The monoisotopic (exact) mass is 278 g/mol. The zero-order valence-electron chi connectivity index (χ0n) is 9.62. The Bertz CT molecular complexity index is 344. The fraction of sp³-hybridized carbons (Fsp3) is 0.636. The Morgan fingerprint density at radius 3 is 3.06 bits per heavy atom. The topological polar surface area (TPSA) is 61.7 Å². The number of carbonyl (C=O) groups is 1. The maximum atomic E-state index is 11.6. The number of aliphatic imine (C=N–C) groups is 1. The number of halogens is 2. The van der Waals surface area contributed by atoms with E-state index in [1.165, 1.54) is 0 Å². The molecule has 1 aliphatic rings. The lowest BCUT2D eigenvalue weighted by molar-refractivity contribution is -0.121. The summed E-state index contributed by atoms with van der Waals surface area (Å²) in [5.41, 5.74) is 0. The number of hydrogen-bond acceptors (Lipinski definition) is 3. The third kappa shape index (κ3) is 4.30. The first-order chi connectivity index (χ1) is 7.98. The molecule has 96 valence electrons. The Morgan fingerprint density at radius 2 is 2.47 bits per heavy atom. The van der Waals surface area contributed by atoms with Gasteiger partial charge in [-0.15, -0.1) is 11.6 Å². The SMILES string of the molecule is CCC(O)CNC(=O)CC1(Cl)CC=CN=C1Cl. The Balaban J connectivity index is 2.46. The summed E-state index contributed by atoms with van der Waals surface area (Å²) in [7, 11) is 0. The van der Waals surface area contributed by atoms with E-state index in [0.29, 0.717) is 12.8 Å². The van der Waals surface area contributed by atoms with Crippen molar-refractivity contribution >= 4 is 34.3 Å². The molecule has 17 heavy (non-hydrogen) atoms. The lowest BCUT2D eigenvalue weighted by Crippen LogP contribution is -2.39. The van der Waals surface area contributed by atoms with E-state index in [9.17, 15) is 9.90 Å². The predicted octanol–water partition coefficient (Wildman–Crippen LogP) is 1.80. The van der Waals surface area contributed by atoms with Gasteiger partial charge in [-0.05, 0) is 12.8 Å². The summed E-state index contributed by atoms with van der Waals surface area (Å²) in [5, 5.41) is 12.2. The van der Waals surface area contributed by atoms with Crippen molar-refractivity contribution in [3.8, 4) is 0 Å². The molecular weight excluding hydrogens is 263 g/mol. The second kappa shape index (κ2) is 6.38. The lowest BCUT2D eigenvalue weighted by Gasteiger charge is -2.25. The molecule has 0 bridgehead atoms. The number of nitrogens with one attached hydrogen (secondary N) is 1. The minimum absolute atomic E-state index is 0.0532. The molecule has 0 aromatic rings. The predicted molar refractivity (Wildman–Crippen MR) is 69.6 cm³/mol. The molecule has 0 spiro atoms. The third-order valence-electron chi connectivity index (χ3n) is 2.55. The third-order valence-corrected chi connectivity index (χ3v) is 3.57. The summed E-state index contributed by atoms with van der Waals surface area (Å²) in [6, 6.07) is 0. The number of aliphatic hydroxyl groups excluding tert-OH is 1. The highest BCUT2D eigenvalue weighted by atomic mass is 35.5. The molecular formula is C11H16Cl2N2O2. The molecule has 2 unspecified atom stereocenters. The molecule has 0 aromatic heterocycles. The molecule has 1 rings (SSSR count). The normalized spacial score (nSPS) is 25.3. The van der Waals surface area contributed by atoms with Crippen LogP contribution in [-0.2, 0) is 4.79 Å². The number of carbonyl (C=O) groups excluding carboxylic acids is 1. The van der Waals surface area contributed by atoms with E-state index in [-0.39, 0.29) is 24.0 Å². The fourth-order valence-corrected chi connectivity index (χ4v) is 1.86. The number of nitrogens with zero attached hydrogens (tertiary/aromatic N) is 1. The van der Waals surface area contributed by atoms with Gasteiger partial charge in [-0.1, -0.05) is 24.6 Å². The molecule has 1 aliphatic heterocycles. The molecule has 2 N–H and O–H groups in total. The summed E-state index contributed by atoms with van der Waals surface area (Å²) < 4.78 is 0. The molecule has 0 saturated carbocycles. The highest BCUT2D eigenvalue weighted by Crippen LogP contribution is 2.31. The van der Waals surface area contributed by atoms with Crippen LogP contribution in [0.3, 0.4) is 0 Å². The zero-order valence-corrected chi connectivity index (χ0v) is 11.1. The van der Waals surface area contributed by atoms with Gasteiger partial charge in [0, 0.05) is 12.7 Å².